The van der Waals surface area contributed by atoms with Gasteiger partial charge in [-0.2, -0.15) is 0 Å². The lowest BCUT2D eigenvalue weighted by Crippen LogP contribution is -2.49. The molecule has 2 amide bonds. The van der Waals surface area contributed by atoms with Crippen molar-refractivity contribution in [2.24, 2.45) is 16.6 Å². The average Bonchev–Trinajstić information content (AvgIpc) is 3.49. The first-order chi connectivity index (χ1) is 18.9. The van der Waals surface area contributed by atoms with Gasteiger partial charge < -0.3 is 31.1 Å². The Hall–Kier alpha value is -3.80. The molecule has 0 unspecified atom stereocenters. The molecular formula is C27H36FN9O2. The maximum absolute atomic E-state index is 13.3. The molecule has 1 aromatic rings. The number of amidine groups is 1. The van der Waals surface area contributed by atoms with Gasteiger partial charge in [0.25, 0.3) is 5.91 Å². The van der Waals surface area contributed by atoms with E-state index in [0.717, 1.165) is 56.9 Å². The van der Waals surface area contributed by atoms with Crippen molar-refractivity contribution < 1.29 is 14.0 Å². The molecule has 5 rings (SSSR count). The van der Waals surface area contributed by atoms with Crippen molar-refractivity contribution in [3.63, 3.8) is 0 Å². The van der Waals surface area contributed by atoms with E-state index in [0.29, 0.717) is 24.8 Å². The number of aromatic nitrogens is 1. The minimum Gasteiger partial charge on any atom is -0.383 e. The number of aliphatic imine (C=N–C) groups is 1. The molecule has 0 aliphatic carbocycles. The van der Waals surface area contributed by atoms with Crippen molar-refractivity contribution in [2.45, 2.75) is 44.6 Å². The zero-order valence-corrected chi connectivity index (χ0v) is 22.0. The van der Waals surface area contributed by atoms with Gasteiger partial charge in [-0.1, -0.05) is 0 Å². The van der Waals surface area contributed by atoms with E-state index in [4.69, 9.17) is 11.1 Å². The summed E-state index contributed by atoms with van der Waals surface area (Å²) >= 11 is 0. The Morgan fingerprint density at radius 1 is 1.08 bits per heavy atom. The fourth-order valence-electron chi connectivity index (χ4n) is 5.94. The molecular weight excluding hydrogens is 501 g/mol. The first-order valence-electron chi connectivity index (χ1n) is 13.7. The summed E-state index contributed by atoms with van der Waals surface area (Å²) in [4.78, 5) is 41.2. The Balaban J connectivity index is 1.19. The van der Waals surface area contributed by atoms with Crippen molar-refractivity contribution in [2.75, 3.05) is 49.5 Å². The number of carbonyl (C=O) groups excluding carboxylic acids is 2. The van der Waals surface area contributed by atoms with Crippen molar-refractivity contribution >= 4 is 35.2 Å². The molecule has 4 aliphatic rings. The van der Waals surface area contributed by atoms with E-state index in [1.165, 1.54) is 25.9 Å². The molecule has 0 bridgehead atoms. The zero-order valence-electron chi connectivity index (χ0n) is 22.0. The highest BCUT2D eigenvalue weighted by molar-refractivity contribution is 6.24. The summed E-state index contributed by atoms with van der Waals surface area (Å²) in [7, 11) is 0. The molecule has 0 aromatic carbocycles. The largest absolute Gasteiger partial charge is 0.383 e. The van der Waals surface area contributed by atoms with Crippen LogP contribution in [-0.4, -0.2) is 84.0 Å². The Morgan fingerprint density at radius 2 is 1.79 bits per heavy atom. The maximum atomic E-state index is 13.3. The lowest BCUT2D eigenvalue weighted by Gasteiger charge is -2.40. The second kappa shape index (κ2) is 11.9. The fourth-order valence-corrected chi connectivity index (χ4v) is 5.94. The van der Waals surface area contributed by atoms with Crippen LogP contribution in [0, 0.1) is 11.3 Å². The lowest BCUT2D eigenvalue weighted by molar-refractivity contribution is -0.137. The monoisotopic (exact) mass is 537 g/mol. The third-order valence-electron chi connectivity index (χ3n) is 8.06. The number of likely N-dealkylation sites (tertiary alicyclic amines) is 2. The number of hydrogen-bond donors (Lipinski definition) is 4. The smallest absolute Gasteiger partial charge is 0.263 e. The van der Waals surface area contributed by atoms with Crippen LogP contribution < -0.4 is 21.3 Å². The first-order valence-corrected chi connectivity index (χ1v) is 13.7. The van der Waals surface area contributed by atoms with E-state index in [-0.39, 0.29) is 23.2 Å². The molecule has 0 spiro atoms. The summed E-state index contributed by atoms with van der Waals surface area (Å²) in [6.45, 7) is 5.40. The topological polar surface area (TPSA) is 143 Å². The second-order valence-electron chi connectivity index (χ2n) is 10.5. The van der Waals surface area contributed by atoms with Crippen LogP contribution >= 0.6 is 0 Å². The Bertz CT molecular complexity index is 1190. The van der Waals surface area contributed by atoms with Crippen molar-refractivity contribution in [3.05, 3.63) is 41.9 Å². The van der Waals surface area contributed by atoms with Crippen LogP contribution in [-0.2, 0) is 9.59 Å². The zero-order chi connectivity index (χ0) is 27.4. The Morgan fingerprint density at radius 3 is 2.44 bits per heavy atom. The lowest BCUT2D eigenvalue weighted by atomic mass is 9.93. The third kappa shape index (κ3) is 6.11. The van der Waals surface area contributed by atoms with Gasteiger partial charge in [-0.05, 0) is 57.7 Å². The highest BCUT2D eigenvalue weighted by Gasteiger charge is 2.33. The predicted octanol–water partition coefficient (Wildman–Crippen LogP) is 1.96. The number of pyridine rings is 1. The molecule has 12 heteroatoms. The minimum atomic E-state index is -0.646. The van der Waals surface area contributed by atoms with Crippen LogP contribution in [0.4, 0.5) is 15.8 Å². The van der Waals surface area contributed by atoms with Gasteiger partial charge in [0, 0.05) is 50.5 Å². The summed E-state index contributed by atoms with van der Waals surface area (Å²) in [6.07, 6.45) is 11.4. The number of allylic oxidation sites excluding steroid dienone is 1. The second-order valence-corrected chi connectivity index (χ2v) is 10.5. The van der Waals surface area contributed by atoms with Gasteiger partial charge >= 0.3 is 0 Å². The average molecular weight is 538 g/mol. The van der Waals surface area contributed by atoms with Gasteiger partial charge in [0.15, 0.2) is 5.83 Å². The Kier molecular flexibility index (Phi) is 8.20. The molecule has 208 valence electrons. The maximum Gasteiger partial charge on any atom is 0.263 e. The molecule has 0 saturated carbocycles. The molecule has 3 fully saturated rings. The number of halogens is 1. The quantitative estimate of drug-likeness (QED) is 0.247. The predicted molar refractivity (Wildman–Crippen MR) is 148 cm³/mol. The SMILES string of the molecule is N=C(N)/C(C(=O)Nc1ccncc1N1CCC(C(=O)N2CCC(N3CCCC3)CC2)CC1)=C1/N=CC(F)=CN1. The normalized spacial score (nSPS) is 22.3. The van der Waals surface area contributed by atoms with E-state index >= 15 is 0 Å². The molecule has 3 saturated heterocycles. The number of nitrogens with one attached hydrogen (secondary N) is 3. The van der Waals surface area contributed by atoms with Crippen LogP contribution in [0.15, 0.2) is 46.9 Å². The highest BCUT2D eigenvalue weighted by Crippen LogP contribution is 2.31. The standard InChI is InChI=1S/C27H36FN9O2/c28-19-15-32-25(33-16-19)23(24(29)30)26(38)34-21-3-8-31-17-22(21)36-11-4-18(5-12-36)27(39)37-13-6-20(7-14-37)35-9-1-2-10-35/h3,8,15-18,20,32H,1-2,4-7,9-14H2,(H3,29,30)(H,31,34,38)/b25-23-. The number of rotatable bonds is 6. The molecule has 11 nitrogen and oxygen atoms in total. The minimum absolute atomic E-state index is 0.00274. The number of carbonyl (C=O) groups is 2. The number of amides is 2. The van der Waals surface area contributed by atoms with Gasteiger partial charge in [-0.25, -0.2) is 9.38 Å². The summed E-state index contributed by atoms with van der Waals surface area (Å²) in [5.41, 5.74) is 6.69. The Labute approximate surface area is 227 Å². The molecule has 1 aromatic heterocycles. The number of piperidine rings is 2. The molecule has 0 radical (unpaired) electrons. The number of anilines is 2. The van der Waals surface area contributed by atoms with Gasteiger partial charge in [0.1, 0.15) is 17.2 Å². The van der Waals surface area contributed by atoms with Crippen molar-refractivity contribution in [3.8, 4) is 0 Å². The van der Waals surface area contributed by atoms with E-state index < -0.39 is 17.6 Å². The molecule has 0 atom stereocenters. The van der Waals surface area contributed by atoms with Crippen LogP contribution in [0.3, 0.4) is 0 Å². The van der Waals surface area contributed by atoms with Crippen LogP contribution in [0.25, 0.3) is 0 Å². The van der Waals surface area contributed by atoms with Gasteiger partial charge in [-0.3, -0.25) is 20.0 Å². The fraction of sp³-hybridized carbons (Fsp3) is 0.519. The summed E-state index contributed by atoms with van der Waals surface area (Å²) < 4.78 is 13.3. The van der Waals surface area contributed by atoms with E-state index in [1.54, 1.807) is 18.5 Å². The summed E-state index contributed by atoms with van der Waals surface area (Å²) in [5.74, 6) is -1.50. The summed E-state index contributed by atoms with van der Waals surface area (Å²) in [6, 6.07) is 2.30. The molecule has 5 heterocycles. The van der Waals surface area contributed by atoms with Crippen LogP contribution in [0.1, 0.15) is 38.5 Å². The van der Waals surface area contributed by atoms with E-state index in [1.807, 2.05) is 0 Å². The number of nitrogens with two attached hydrogens (primary N) is 1. The molecule has 39 heavy (non-hydrogen) atoms. The van der Waals surface area contributed by atoms with E-state index in [2.05, 4.69) is 35.3 Å². The summed E-state index contributed by atoms with van der Waals surface area (Å²) in [5, 5.41) is 13.2. The number of nitrogens with zero attached hydrogens (tertiary/aromatic N) is 5. The van der Waals surface area contributed by atoms with Crippen LogP contribution in [0.5, 0.6) is 0 Å². The van der Waals surface area contributed by atoms with Crippen molar-refractivity contribution in [1.29, 1.82) is 5.41 Å². The van der Waals surface area contributed by atoms with Gasteiger partial charge in [0.05, 0.1) is 23.8 Å². The third-order valence-corrected chi connectivity index (χ3v) is 8.06. The highest BCUT2D eigenvalue weighted by atomic mass is 19.1. The van der Waals surface area contributed by atoms with Gasteiger partial charge in [0.2, 0.25) is 5.91 Å². The van der Waals surface area contributed by atoms with Crippen LogP contribution in [0.2, 0.25) is 0 Å². The molecule has 4 aliphatic heterocycles. The molecule has 5 N–H and O–H groups in total. The first kappa shape index (κ1) is 26.8. The van der Waals surface area contributed by atoms with E-state index in [9.17, 15) is 14.0 Å². The van der Waals surface area contributed by atoms with Gasteiger partial charge in [-0.15, -0.1) is 0 Å². The number of hydrogen-bond acceptors (Lipinski definition) is 8. The van der Waals surface area contributed by atoms with Crippen molar-refractivity contribution in [1.82, 2.24) is 20.1 Å².